The maximum Gasteiger partial charge on any atom is 0.138 e. The van der Waals surface area contributed by atoms with Crippen molar-refractivity contribution in [3.8, 4) is 39.4 Å². The fourth-order valence-electron chi connectivity index (χ4n) is 5.49. The first-order valence-electron chi connectivity index (χ1n) is 13.1. The van der Waals surface area contributed by atoms with Gasteiger partial charge in [-0.25, -0.2) is 4.39 Å². The summed E-state index contributed by atoms with van der Waals surface area (Å²) in [6, 6.07) is 17.1. The van der Waals surface area contributed by atoms with Crippen LogP contribution in [0.5, 0.6) is 5.75 Å². The molecule has 0 atom stereocenters. The van der Waals surface area contributed by atoms with Gasteiger partial charge in [0.25, 0.3) is 0 Å². The molecule has 0 aliphatic heterocycles. The molecule has 6 aromatic rings. The van der Waals surface area contributed by atoms with Crippen LogP contribution in [0.1, 0.15) is 32.1 Å². The third-order valence-corrected chi connectivity index (χ3v) is 7.43. The smallest absolute Gasteiger partial charge is 0.138 e. The van der Waals surface area contributed by atoms with Crippen molar-refractivity contribution in [3.63, 3.8) is 0 Å². The van der Waals surface area contributed by atoms with E-state index in [1.807, 2.05) is 24.4 Å². The van der Waals surface area contributed by atoms with Crippen molar-refractivity contribution in [1.82, 2.24) is 25.1 Å². The number of pyridine rings is 2. The zero-order valence-electron chi connectivity index (χ0n) is 20.7. The van der Waals surface area contributed by atoms with E-state index in [4.69, 9.17) is 4.74 Å². The number of hydrogen-bond acceptors (Lipinski definition) is 4. The number of aromatic amines is 2. The van der Waals surface area contributed by atoms with Crippen LogP contribution >= 0.6 is 0 Å². The fraction of sp³-hybridized carbons (Fsp3) is 0.194. The highest BCUT2D eigenvalue weighted by Gasteiger charge is 2.17. The second kappa shape index (κ2) is 9.41. The molecule has 0 unspecified atom stereocenters. The molecule has 1 aliphatic rings. The van der Waals surface area contributed by atoms with E-state index in [0.29, 0.717) is 5.56 Å². The lowest BCUT2D eigenvalue weighted by atomic mass is 9.98. The van der Waals surface area contributed by atoms with Gasteiger partial charge in [-0.1, -0.05) is 30.7 Å². The predicted octanol–water partition coefficient (Wildman–Crippen LogP) is 7.69. The first-order valence-corrected chi connectivity index (χ1v) is 13.1. The van der Waals surface area contributed by atoms with E-state index in [1.54, 1.807) is 30.7 Å². The van der Waals surface area contributed by atoms with Crippen molar-refractivity contribution in [3.05, 3.63) is 85.2 Å². The molecule has 38 heavy (non-hydrogen) atoms. The molecular formula is C31H26FN5O. The van der Waals surface area contributed by atoms with Crippen LogP contribution in [0, 0.1) is 5.82 Å². The molecule has 6 nitrogen and oxygen atoms in total. The zero-order valence-corrected chi connectivity index (χ0v) is 20.7. The van der Waals surface area contributed by atoms with Crippen molar-refractivity contribution < 1.29 is 9.13 Å². The lowest BCUT2D eigenvalue weighted by molar-refractivity contribution is 0.154. The van der Waals surface area contributed by atoms with E-state index >= 15 is 0 Å². The molecule has 4 heterocycles. The van der Waals surface area contributed by atoms with Crippen LogP contribution in [-0.4, -0.2) is 31.3 Å². The number of aromatic nitrogens is 5. The third kappa shape index (κ3) is 4.10. The van der Waals surface area contributed by atoms with Gasteiger partial charge in [-0.05, 0) is 61.6 Å². The zero-order chi connectivity index (χ0) is 25.5. The maximum absolute atomic E-state index is 14.6. The highest BCUT2D eigenvalue weighted by atomic mass is 19.1. The third-order valence-electron chi connectivity index (χ3n) is 7.43. The Hall–Kier alpha value is -4.52. The first-order chi connectivity index (χ1) is 18.7. The highest BCUT2D eigenvalue weighted by Crippen LogP contribution is 2.36. The number of nitrogens with one attached hydrogen (secondary N) is 2. The van der Waals surface area contributed by atoms with Crippen LogP contribution in [0.4, 0.5) is 4.39 Å². The summed E-state index contributed by atoms with van der Waals surface area (Å²) in [6.45, 7) is 0. The summed E-state index contributed by atoms with van der Waals surface area (Å²) >= 11 is 0. The molecule has 0 bridgehead atoms. The molecular weight excluding hydrogens is 477 g/mol. The number of H-pyrrole nitrogens is 2. The van der Waals surface area contributed by atoms with Gasteiger partial charge in [-0.2, -0.15) is 5.10 Å². The van der Waals surface area contributed by atoms with Gasteiger partial charge < -0.3 is 9.72 Å². The minimum absolute atomic E-state index is 0.273. The van der Waals surface area contributed by atoms with Crippen LogP contribution < -0.4 is 4.74 Å². The van der Waals surface area contributed by atoms with Gasteiger partial charge in [0.1, 0.15) is 17.3 Å². The normalized spacial score (nSPS) is 14.3. The first kappa shape index (κ1) is 22.7. The number of fused-ring (bicyclic) bond motifs is 2. The Balaban J connectivity index is 1.26. The van der Waals surface area contributed by atoms with Crippen molar-refractivity contribution in [2.24, 2.45) is 0 Å². The van der Waals surface area contributed by atoms with Crippen molar-refractivity contribution in [2.45, 2.75) is 38.2 Å². The number of ether oxygens (including phenoxy) is 1. The van der Waals surface area contributed by atoms with Gasteiger partial charge in [0.2, 0.25) is 0 Å². The Bertz CT molecular complexity index is 1770. The van der Waals surface area contributed by atoms with Crippen molar-refractivity contribution in [1.29, 1.82) is 0 Å². The molecule has 0 saturated heterocycles. The summed E-state index contributed by atoms with van der Waals surface area (Å²) in [5, 5.41) is 9.64. The minimum Gasteiger partial charge on any atom is -0.489 e. The Morgan fingerprint density at radius 2 is 1.63 bits per heavy atom. The number of benzene rings is 2. The molecule has 7 heteroatoms. The summed E-state index contributed by atoms with van der Waals surface area (Å²) in [5.41, 5.74) is 6.67. The van der Waals surface area contributed by atoms with E-state index < -0.39 is 0 Å². The molecule has 4 aromatic heterocycles. The Kier molecular flexibility index (Phi) is 5.61. The Morgan fingerprint density at radius 1 is 0.763 bits per heavy atom. The van der Waals surface area contributed by atoms with Crippen molar-refractivity contribution >= 4 is 21.8 Å². The van der Waals surface area contributed by atoms with E-state index in [2.05, 4.69) is 43.3 Å². The van der Waals surface area contributed by atoms with Gasteiger partial charge >= 0.3 is 0 Å². The molecule has 188 valence electrons. The van der Waals surface area contributed by atoms with E-state index in [1.165, 1.54) is 25.3 Å². The maximum atomic E-state index is 14.6. The summed E-state index contributed by atoms with van der Waals surface area (Å²) in [4.78, 5) is 12.2. The van der Waals surface area contributed by atoms with Crippen molar-refractivity contribution in [2.75, 3.05) is 0 Å². The largest absolute Gasteiger partial charge is 0.489 e. The summed E-state index contributed by atoms with van der Waals surface area (Å²) < 4.78 is 20.8. The van der Waals surface area contributed by atoms with Gasteiger partial charge in [0, 0.05) is 39.9 Å². The van der Waals surface area contributed by atoms with Crippen LogP contribution in [0.25, 0.3) is 55.4 Å². The number of nitrogens with zero attached hydrogens (tertiary/aromatic N) is 3. The quantitative estimate of drug-likeness (QED) is 0.253. The van der Waals surface area contributed by atoms with E-state index in [9.17, 15) is 4.39 Å². The number of halogens is 1. The summed E-state index contributed by atoms with van der Waals surface area (Å²) in [5.74, 6) is 0.536. The molecule has 1 fully saturated rings. The number of rotatable bonds is 5. The fourth-order valence-corrected chi connectivity index (χ4v) is 5.49. The van der Waals surface area contributed by atoms with Crippen LogP contribution in [0.2, 0.25) is 0 Å². The molecule has 2 N–H and O–H groups in total. The van der Waals surface area contributed by atoms with Gasteiger partial charge in [0.15, 0.2) is 0 Å². The second-order valence-corrected chi connectivity index (χ2v) is 9.93. The lowest BCUT2D eigenvalue weighted by Crippen LogP contribution is -2.19. The summed E-state index contributed by atoms with van der Waals surface area (Å²) in [7, 11) is 0. The average Bonchev–Trinajstić information content (AvgIpc) is 3.58. The lowest BCUT2D eigenvalue weighted by Gasteiger charge is -2.23. The standard InChI is InChI=1S/C31H26FN5O/c32-27-9-5-4-8-23(27)26-17-34-18-30-24(26)14-29(35-30)31-25-13-19(10-11-28(25)36-37-31)20-12-22(16-33-15-20)38-21-6-2-1-3-7-21/h4-5,8-18,21,35H,1-3,6-7H2,(H,36,37). The topological polar surface area (TPSA) is 79.5 Å². The molecule has 1 saturated carbocycles. The van der Waals surface area contributed by atoms with E-state index in [0.717, 1.165) is 68.5 Å². The molecule has 1 aliphatic carbocycles. The molecule has 7 rings (SSSR count). The average molecular weight is 504 g/mol. The molecule has 0 spiro atoms. The molecule has 2 aromatic carbocycles. The Morgan fingerprint density at radius 3 is 2.53 bits per heavy atom. The Labute approximate surface area is 218 Å². The van der Waals surface area contributed by atoms with Crippen LogP contribution in [-0.2, 0) is 0 Å². The summed E-state index contributed by atoms with van der Waals surface area (Å²) in [6.07, 6.45) is 13.3. The van der Waals surface area contributed by atoms with E-state index in [-0.39, 0.29) is 11.9 Å². The minimum atomic E-state index is -0.275. The predicted molar refractivity (Wildman–Crippen MR) is 147 cm³/mol. The SMILES string of the molecule is Fc1ccccc1-c1cncc2[nH]c(-c3n[nH]c4ccc(-c5cncc(OC6CCCCC6)c5)cc34)cc12. The van der Waals surface area contributed by atoms with Crippen LogP contribution in [0.15, 0.2) is 79.4 Å². The number of hydrogen-bond donors (Lipinski definition) is 2. The van der Waals surface area contributed by atoms with Gasteiger partial charge in [-0.3, -0.25) is 15.1 Å². The highest BCUT2D eigenvalue weighted by molar-refractivity contribution is 6.01. The van der Waals surface area contributed by atoms with Gasteiger partial charge in [0.05, 0.1) is 35.2 Å². The monoisotopic (exact) mass is 503 g/mol. The van der Waals surface area contributed by atoms with Gasteiger partial charge in [-0.15, -0.1) is 0 Å². The second-order valence-electron chi connectivity index (χ2n) is 9.93. The molecule has 0 radical (unpaired) electrons. The van der Waals surface area contributed by atoms with Crippen LogP contribution in [0.3, 0.4) is 0 Å². The molecule has 0 amide bonds.